The van der Waals surface area contributed by atoms with Crippen molar-refractivity contribution >= 4 is 27.3 Å². The molecule has 0 nitrogen and oxygen atoms in total. The van der Waals surface area contributed by atoms with E-state index >= 15 is 0 Å². The molecular formula is H2NbPbTiYb. The maximum atomic E-state index is 0. The summed E-state index contributed by atoms with van der Waals surface area (Å²) in [5, 5.41) is 0. The zero-order valence-electron chi connectivity index (χ0n) is 1.92. The quantitative estimate of drug-likeness (QED) is 0.361. The normalized spacial score (nSPS) is 0. The van der Waals surface area contributed by atoms with Crippen LogP contribution in [0.5, 0.6) is 0 Å². The third-order valence-electron chi connectivity index (χ3n) is 0. The topological polar surface area (TPSA) is 0 Å². The van der Waals surface area contributed by atoms with E-state index in [-0.39, 0.29) is 118 Å². The second-order valence-corrected chi connectivity index (χ2v) is 0. The van der Waals surface area contributed by atoms with Gasteiger partial charge in [-0.15, -0.1) is 0 Å². The Hall–Kier alpha value is 3.90. The van der Waals surface area contributed by atoms with E-state index in [9.17, 15) is 0 Å². The van der Waals surface area contributed by atoms with Gasteiger partial charge in [-0.2, -0.15) is 0 Å². The molecule has 0 saturated heterocycles. The van der Waals surface area contributed by atoms with Crippen LogP contribution in [0.1, 0.15) is 0 Å². The maximum Gasteiger partial charge on any atom is 0 e. The van der Waals surface area contributed by atoms with E-state index in [1.165, 1.54) is 0 Å². The van der Waals surface area contributed by atoms with Gasteiger partial charge in [0.15, 0.2) is 0 Å². The predicted molar refractivity (Wildman–Crippen MR) is 8.54 cm³/mol. The summed E-state index contributed by atoms with van der Waals surface area (Å²) in [5.74, 6) is 0. The molecule has 0 atom stereocenters. The standard InChI is InChI=1S/Nb.Pb.Ti.Yb.2H. The van der Waals surface area contributed by atoms with Crippen LogP contribution in [0.25, 0.3) is 0 Å². The molecule has 0 spiro atoms. The van der Waals surface area contributed by atoms with Crippen LogP contribution in [0, 0.1) is 46.9 Å². The van der Waals surface area contributed by atoms with E-state index in [1.54, 1.807) is 0 Å². The van der Waals surface area contributed by atoms with Crippen molar-refractivity contribution in [2.75, 3.05) is 0 Å². The Labute approximate surface area is 115 Å². The van der Waals surface area contributed by atoms with E-state index in [0.29, 0.717) is 0 Å². The Bertz CT molecular complexity index is 8.00. The van der Waals surface area contributed by atoms with E-state index in [1.807, 2.05) is 0 Å². The fraction of sp³-hybridized carbons (Fsp3) is 0. The van der Waals surface area contributed by atoms with Crippen LogP contribution in [0.15, 0.2) is 0 Å². The Balaban J connectivity index is 0. The molecule has 0 amide bonds. The van der Waals surface area contributed by atoms with Gasteiger partial charge in [0.1, 0.15) is 0 Å². The Morgan fingerprint density at radius 1 is 1.00 bits per heavy atom. The van der Waals surface area contributed by atoms with Gasteiger partial charge in [-0.3, -0.25) is 0 Å². The van der Waals surface area contributed by atoms with Crippen LogP contribution in [0.3, 0.4) is 0 Å². The number of hydrogen-bond donors (Lipinski definition) is 0. The van der Waals surface area contributed by atoms with Crippen molar-refractivity contribution in [1.82, 2.24) is 0 Å². The Morgan fingerprint density at radius 3 is 1.00 bits per heavy atom. The van der Waals surface area contributed by atoms with Crippen LogP contribution in [-0.2, 0) is 44.1 Å². The fourth-order valence-electron chi connectivity index (χ4n) is 0. The molecule has 0 unspecified atom stereocenters. The average molecular weight is 523 g/mol. The first-order valence-electron chi connectivity index (χ1n) is 0. The molecule has 0 aliphatic carbocycles. The van der Waals surface area contributed by atoms with Crippen LogP contribution < -0.4 is 0 Å². The van der Waals surface area contributed by atoms with Crippen LogP contribution in [0.2, 0.25) is 0 Å². The van der Waals surface area contributed by atoms with E-state index in [0.717, 1.165) is 0 Å². The minimum Gasteiger partial charge on any atom is 0 e. The van der Waals surface area contributed by atoms with Crippen LogP contribution in [0.4, 0.5) is 0 Å². The second kappa shape index (κ2) is 15.8. The first kappa shape index (κ1) is 24.7. The van der Waals surface area contributed by atoms with Gasteiger partial charge in [0.05, 0.1) is 0 Å². The minimum absolute atomic E-state index is 0. The number of rotatable bonds is 0. The molecule has 0 saturated carbocycles. The van der Waals surface area contributed by atoms with Crippen molar-refractivity contribution < 1.29 is 91.0 Å². The summed E-state index contributed by atoms with van der Waals surface area (Å²) in [5.41, 5.74) is 0. The van der Waals surface area contributed by atoms with Gasteiger partial charge in [0, 0.05) is 91.0 Å². The van der Waals surface area contributed by atoms with Crippen molar-refractivity contribution in [2.45, 2.75) is 0 Å². The van der Waals surface area contributed by atoms with Crippen molar-refractivity contribution in [3.05, 3.63) is 0 Å². The Kier molecular flexibility index (Phi) is 97.7. The maximum absolute atomic E-state index is 0. The molecule has 0 heterocycles. The van der Waals surface area contributed by atoms with Crippen molar-refractivity contribution in [3.63, 3.8) is 0 Å². The summed E-state index contributed by atoms with van der Waals surface area (Å²) in [7, 11) is 0. The summed E-state index contributed by atoms with van der Waals surface area (Å²) in [4.78, 5) is 0. The molecule has 0 fully saturated rings. The van der Waals surface area contributed by atoms with Gasteiger partial charge in [-0.1, -0.05) is 0 Å². The molecule has 4 heavy (non-hydrogen) atoms. The zero-order chi connectivity index (χ0) is 0. The molecule has 0 N–H and O–H groups in total. The molecule has 0 aromatic heterocycles. The van der Waals surface area contributed by atoms with Gasteiger partial charge < -0.3 is 0 Å². The molecule has 3 radical (unpaired) electrons. The van der Waals surface area contributed by atoms with Gasteiger partial charge >= 0.3 is 27.3 Å². The molecule has 0 aromatic rings. The smallest absolute Gasteiger partial charge is 0 e. The molecule has 0 aliphatic rings. The second-order valence-electron chi connectivity index (χ2n) is 0. The first-order chi connectivity index (χ1) is 0. The molecular weight excluding hydrogens is 521 g/mol. The molecule has 0 rings (SSSR count). The minimum atomic E-state index is 0. The third-order valence-corrected chi connectivity index (χ3v) is 0. The summed E-state index contributed by atoms with van der Waals surface area (Å²) in [6.45, 7) is 0. The predicted octanol–water partition coefficient (Wildman–Crippen LogP) is -0.921. The largest absolute Gasteiger partial charge is 0 e. The van der Waals surface area contributed by atoms with Gasteiger partial charge in [0.2, 0.25) is 0 Å². The van der Waals surface area contributed by atoms with E-state index < -0.39 is 0 Å². The summed E-state index contributed by atoms with van der Waals surface area (Å²) in [6.07, 6.45) is 0. The van der Waals surface area contributed by atoms with E-state index in [4.69, 9.17) is 0 Å². The molecule has 0 aromatic carbocycles. The van der Waals surface area contributed by atoms with Gasteiger partial charge in [-0.25, -0.2) is 0 Å². The first-order valence-corrected chi connectivity index (χ1v) is 0. The monoisotopic (exact) mass is 525 g/mol. The van der Waals surface area contributed by atoms with Crippen molar-refractivity contribution in [1.29, 1.82) is 0 Å². The molecule has 4 heteroatoms. The van der Waals surface area contributed by atoms with E-state index in [2.05, 4.69) is 0 Å². The average Bonchev–Trinajstić information content (AvgIpc) is 0. The molecule has 29 valence electrons. The third kappa shape index (κ3) is 9.31. The SMILES string of the molecule is [Nb].[PbH2].[Ti].[Yb]. The molecule has 0 aliphatic heterocycles. The summed E-state index contributed by atoms with van der Waals surface area (Å²) >= 11 is 0. The molecule has 0 bridgehead atoms. The van der Waals surface area contributed by atoms with Crippen LogP contribution >= 0.6 is 0 Å². The summed E-state index contributed by atoms with van der Waals surface area (Å²) < 4.78 is 0. The van der Waals surface area contributed by atoms with Crippen molar-refractivity contribution in [2.24, 2.45) is 0 Å². The number of hydrogen-bond acceptors (Lipinski definition) is 0. The van der Waals surface area contributed by atoms with Crippen LogP contribution in [-0.4, -0.2) is 27.3 Å². The fourth-order valence-corrected chi connectivity index (χ4v) is 0. The van der Waals surface area contributed by atoms with Gasteiger partial charge in [-0.05, 0) is 0 Å². The van der Waals surface area contributed by atoms with Gasteiger partial charge in [0.25, 0.3) is 0 Å². The summed E-state index contributed by atoms with van der Waals surface area (Å²) in [6, 6.07) is 0. The Morgan fingerprint density at radius 2 is 1.00 bits per heavy atom. The van der Waals surface area contributed by atoms with Crippen molar-refractivity contribution in [3.8, 4) is 0 Å². The zero-order valence-corrected chi connectivity index (χ0v) is 12.9.